The SMILES string of the molecule is C[C@H](Sc1ccc2c(c1)OCCCO2)C(=O)c1c[nH]c2ccccc12. The number of thioether (sulfide) groups is 1. The zero-order chi connectivity index (χ0) is 17.2. The molecular formula is C20H19NO3S. The summed E-state index contributed by atoms with van der Waals surface area (Å²) < 4.78 is 11.4. The molecule has 0 amide bonds. The van der Waals surface area contributed by atoms with E-state index in [4.69, 9.17) is 9.47 Å². The molecule has 3 aromatic rings. The number of aromatic amines is 1. The molecule has 0 radical (unpaired) electrons. The van der Waals surface area contributed by atoms with Crippen LogP contribution in [0, 0.1) is 0 Å². The van der Waals surface area contributed by atoms with Crippen LogP contribution in [0.3, 0.4) is 0 Å². The van der Waals surface area contributed by atoms with Gasteiger partial charge < -0.3 is 14.5 Å². The smallest absolute Gasteiger partial charge is 0.178 e. The summed E-state index contributed by atoms with van der Waals surface area (Å²) in [4.78, 5) is 17.0. The van der Waals surface area contributed by atoms with Crippen LogP contribution in [0.15, 0.2) is 53.6 Å². The van der Waals surface area contributed by atoms with Gasteiger partial charge in [-0.15, -0.1) is 11.8 Å². The van der Waals surface area contributed by atoms with Crippen molar-refractivity contribution in [3.05, 3.63) is 54.2 Å². The van der Waals surface area contributed by atoms with Crippen LogP contribution in [0.5, 0.6) is 11.5 Å². The Morgan fingerprint density at radius 2 is 1.92 bits per heavy atom. The lowest BCUT2D eigenvalue weighted by molar-refractivity contribution is 0.0995. The number of nitrogens with one attached hydrogen (secondary N) is 1. The molecule has 2 heterocycles. The molecule has 0 bridgehead atoms. The molecule has 0 saturated heterocycles. The number of aromatic nitrogens is 1. The van der Waals surface area contributed by atoms with Crippen molar-refractivity contribution in [3.63, 3.8) is 0 Å². The topological polar surface area (TPSA) is 51.3 Å². The van der Waals surface area contributed by atoms with Crippen molar-refractivity contribution in [2.24, 2.45) is 0 Å². The Kier molecular flexibility index (Phi) is 4.40. The Hall–Kier alpha value is -2.40. The van der Waals surface area contributed by atoms with Crippen molar-refractivity contribution in [1.82, 2.24) is 4.98 Å². The Morgan fingerprint density at radius 3 is 2.80 bits per heavy atom. The maximum absolute atomic E-state index is 12.9. The molecule has 1 aliphatic heterocycles. The molecule has 0 fully saturated rings. The third-order valence-corrected chi connectivity index (χ3v) is 5.35. The second-order valence-electron chi connectivity index (χ2n) is 6.03. The molecule has 1 aliphatic rings. The molecule has 0 saturated carbocycles. The van der Waals surface area contributed by atoms with Crippen LogP contribution in [0.1, 0.15) is 23.7 Å². The summed E-state index contributed by atoms with van der Waals surface area (Å²) in [5.41, 5.74) is 1.73. The van der Waals surface area contributed by atoms with Gasteiger partial charge in [-0.05, 0) is 31.2 Å². The maximum atomic E-state index is 12.9. The highest BCUT2D eigenvalue weighted by atomic mass is 32.2. The fourth-order valence-electron chi connectivity index (χ4n) is 2.97. The summed E-state index contributed by atoms with van der Waals surface area (Å²) in [6, 6.07) is 13.7. The summed E-state index contributed by atoms with van der Waals surface area (Å²) in [5.74, 6) is 1.65. The number of ketones is 1. The van der Waals surface area contributed by atoms with E-state index in [0.29, 0.717) is 13.2 Å². The van der Waals surface area contributed by atoms with E-state index < -0.39 is 0 Å². The number of hydrogen-bond donors (Lipinski definition) is 1. The van der Waals surface area contributed by atoms with Gasteiger partial charge in [-0.25, -0.2) is 0 Å². The van der Waals surface area contributed by atoms with E-state index in [2.05, 4.69) is 4.98 Å². The van der Waals surface area contributed by atoms with E-state index >= 15 is 0 Å². The van der Waals surface area contributed by atoms with Gasteiger partial charge in [0.1, 0.15) is 0 Å². The zero-order valence-electron chi connectivity index (χ0n) is 14.0. The number of para-hydroxylation sites is 1. The first kappa shape index (κ1) is 16.1. The molecule has 0 unspecified atom stereocenters. The van der Waals surface area contributed by atoms with Crippen LogP contribution >= 0.6 is 11.8 Å². The number of ether oxygens (including phenoxy) is 2. The number of fused-ring (bicyclic) bond motifs is 2. The van der Waals surface area contributed by atoms with Gasteiger partial charge in [0, 0.05) is 34.0 Å². The molecule has 25 heavy (non-hydrogen) atoms. The van der Waals surface area contributed by atoms with Crippen molar-refractivity contribution < 1.29 is 14.3 Å². The molecule has 1 aromatic heterocycles. The number of H-pyrrole nitrogens is 1. The van der Waals surface area contributed by atoms with Crippen molar-refractivity contribution in [1.29, 1.82) is 0 Å². The zero-order valence-corrected chi connectivity index (χ0v) is 14.8. The Balaban J connectivity index is 1.54. The van der Waals surface area contributed by atoms with Crippen LogP contribution in [0.25, 0.3) is 10.9 Å². The molecule has 1 N–H and O–H groups in total. The minimum absolute atomic E-state index is 0.120. The number of hydrogen-bond acceptors (Lipinski definition) is 4. The van der Waals surface area contributed by atoms with Crippen LogP contribution in [0.2, 0.25) is 0 Å². The summed E-state index contributed by atoms with van der Waals surface area (Å²) in [5, 5.41) is 0.780. The maximum Gasteiger partial charge on any atom is 0.178 e. The van der Waals surface area contributed by atoms with Crippen LogP contribution in [-0.4, -0.2) is 29.2 Å². The first-order valence-corrected chi connectivity index (χ1v) is 9.27. The lowest BCUT2D eigenvalue weighted by Crippen LogP contribution is -2.13. The summed E-state index contributed by atoms with van der Waals surface area (Å²) >= 11 is 1.54. The van der Waals surface area contributed by atoms with Crippen LogP contribution in [0.4, 0.5) is 0 Å². The summed E-state index contributed by atoms with van der Waals surface area (Å²) in [6.07, 6.45) is 2.69. The molecule has 128 valence electrons. The summed E-state index contributed by atoms with van der Waals surface area (Å²) in [6.45, 7) is 3.28. The fraction of sp³-hybridized carbons (Fsp3) is 0.250. The molecule has 0 spiro atoms. The second kappa shape index (κ2) is 6.84. The molecule has 1 atom stereocenters. The largest absolute Gasteiger partial charge is 0.490 e. The minimum atomic E-state index is -0.191. The number of carbonyl (C=O) groups excluding carboxylic acids is 1. The van der Waals surface area contributed by atoms with E-state index in [9.17, 15) is 4.79 Å². The second-order valence-corrected chi connectivity index (χ2v) is 7.45. The monoisotopic (exact) mass is 353 g/mol. The first-order valence-electron chi connectivity index (χ1n) is 8.39. The number of rotatable bonds is 4. The quantitative estimate of drug-likeness (QED) is 0.546. The van der Waals surface area contributed by atoms with Gasteiger partial charge in [0.25, 0.3) is 0 Å². The van der Waals surface area contributed by atoms with Crippen molar-refractivity contribution in [2.75, 3.05) is 13.2 Å². The van der Waals surface area contributed by atoms with E-state index in [1.807, 2.05) is 49.4 Å². The standard InChI is InChI=1S/C20H19NO3S/c1-13(20(22)16-12-21-17-6-3-2-5-15(16)17)25-14-7-8-18-19(11-14)24-10-4-9-23-18/h2-3,5-8,11-13,21H,4,9-10H2,1H3/t13-/m0/s1. The average molecular weight is 353 g/mol. The van der Waals surface area contributed by atoms with Gasteiger partial charge >= 0.3 is 0 Å². The van der Waals surface area contributed by atoms with Crippen LogP contribution < -0.4 is 9.47 Å². The van der Waals surface area contributed by atoms with E-state index in [1.165, 1.54) is 11.8 Å². The van der Waals surface area contributed by atoms with Crippen molar-refractivity contribution in [2.45, 2.75) is 23.5 Å². The molecule has 4 rings (SSSR count). The highest BCUT2D eigenvalue weighted by Gasteiger charge is 2.20. The predicted molar refractivity (Wildman–Crippen MR) is 100.0 cm³/mol. The highest BCUT2D eigenvalue weighted by Crippen LogP contribution is 2.36. The number of carbonyl (C=O) groups is 1. The lowest BCUT2D eigenvalue weighted by atomic mass is 10.1. The molecule has 0 aliphatic carbocycles. The van der Waals surface area contributed by atoms with Gasteiger partial charge in [-0.2, -0.15) is 0 Å². The Labute approximate surface area is 150 Å². The molecule has 4 nitrogen and oxygen atoms in total. The average Bonchev–Trinajstić information content (AvgIpc) is 2.92. The lowest BCUT2D eigenvalue weighted by Gasteiger charge is -2.12. The normalized spacial score (nSPS) is 14.9. The van der Waals surface area contributed by atoms with Gasteiger partial charge in [0.2, 0.25) is 0 Å². The minimum Gasteiger partial charge on any atom is -0.490 e. The first-order chi connectivity index (χ1) is 12.2. The predicted octanol–water partition coefficient (Wildman–Crippen LogP) is 4.69. The molecule has 2 aromatic carbocycles. The Bertz CT molecular complexity index is 918. The number of benzene rings is 2. The van der Waals surface area contributed by atoms with Gasteiger partial charge in [-0.1, -0.05) is 18.2 Å². The Morgan fingerprint density at radius 1 is 1.12 bits per heavy atom. The van der Waals surface area contributed by atoms with E-state index in [-0.39, 0.29) is 11.0 Å². The molecular weight excluding hydrogens is 334 g/mol. The fourth-order valence-corrected chi connectivity index (χ4v) is 3.93. The van der Waals surface area contributed by atoms with E-state index in [1.54, 1.807) is 6.20 Å². The highest BCUT2D eigenvalue weighted by molar-refractivity contribution is 8.00. The van der Waals surface area contributed by atoms with Crippen molar-refractivity contribution >= 4 is 28.4 Å². The van der Waals surface area contributed by atoms with E-state index in [0.717, 1.165) is 39.3 Å². The van der Waals surface area contributed by atoms with Crippen LogP contribution in [-0.2, 0) is 0 Å². The van der Waals surface area contributed by atoms with Crippen molar-refractivity contribution in [3.8, 4) is 11.5 Å². The number of Topliss-reactive ketones (excluding diaryl/α,β-unsaturated/α-hetero) is 1. The molecule has 5 heteroatoms. The third kappa shape index (κ3) is 3.24. The van der Waals surface area contributed by atoms with Gasteiger partial charge in [0.05, 0.1) is 18.5 Å². The summed E-state index contributed by atoms with van der Waals surface area (Å²) in [7, 11) is 0. The van der Waals surface area contributed by atoms with Gasteiger partial charge in [0.15, 0.2) is 17.3 Å². The van der Waals surface area contributed by atoms with Gasteiger partial charge in [-0.3, -0.25) is 4.79 Å². The third-order valence-electron chi connectivity index (χ3n) is 4.26.